The SMILES string of the molecule is CC1CCC(NC(=O)CN2CCN(C(=O)C3CCCC(N)C3)CC2)CC1.Cl.Cl. The number of nitrogens with one attached hydrogen (secondary N) is 1. The van der Waals surface area contributed by atoms with Crippen molar-refractivity contribution in [1.82, 2.24) is 15.1 Å². The highest BCUT2D eigenvalue weighted by Crippen LogP contribution is 2.25. The maximum absolute atomic E-state index is 12.7. The molecule has 0 aromatic rings. The number of rotatable bonds is 4. The van der Waals surface area contributed by atoms with Crippen molar-refractivity contribution in [3.8, 4) is 0 Å². The number of hydrogen-bond acceptors (Lipinski definition) is 4. The quantitative estimate of drug-likeness (QED) is 0.707. The van der Waals surface area contributed by atoms with Crippen molar-refractivity contribution >= 4 is 36.6 Å². The van der Waals surface area contributed by atoms with Gasteiger partial charge in [-0.25, -0.2) is 0 Å². The van der Waals surface area contributed by atoms with E-state index in [-0.39, 0.29) is 48.6 Å². The molecular formula is C20H38Cl2N4O2. The second kappa shape index (κ2) is 12.2. The van der Waals surface area contributed by atoms with Crippen LogP contribution in [0.2, 0.25) is 0 Å². The van der Waals surface area contributed by atoms with Crippen LogP contribution in [0.3, 0.4) is 0 Å². The van der Waals surface area contributed by atoms with Crippen LogP contribution in [-0.4, -0.2) is 66.4 Å². The molecule has 1 heterocycles. The van der Waals surface area contributed by atoms with Gasteiger partial charge in [0.15, 0.2) is 0 Å². The molecule has 1 saturated heterocycles. The van der Waals surface area contributed by atoms with Gasteiger partial charge in [0.1, 0.15) is 0 Å². The zero-order valence-electron chi connectivity index (χ0n) is 17.1. The Kier molecular flexibility index (Phi) is 11.1. The highest BCUT2D eigenvalue weighted by atomic mass is 35.5. The van der Waals surface area contributed by atoms with Gasteiger partial charge in [-0.05, 0) is 50.9 Å². The van der Waals surface area contributed by atoms with Crippen molar-refractivity contribution in [3.05, 3.63) is 0 Å². The molecule has 0 spiro atoms. The summed E-state index contributed by atoms with van der Waals surface area (Å²) in [6, 6.07) is 0.544. The van der Waals surface area contributed by atoms with Gasteiger partial charge in [0, 0.05) is 44.2 Å². The van der Waals surface area contributed by atoms with Gasteiger partial charge in [-0.15, -0.1) is 24.8 Å². The third-order valence-corrected chi connectivity index (χ3v) is 6.50. The van der Waals surface area contributed by atoms with E-state index < -0.39 is 0 Å². The van der Waals surface area contributed by atoms with Gasteiger partial charge >= 0.3 is 0 Å². The van der Waals surface area contributed by atoms with Crippen molar-refractivity contribution in [2.45, 2.75) is 70.4 Å². The van der Waals surface area contributed by atoms with E-state index in [4.69, 9.17) is 5.73 Å². The molecule has 0 radical (unpaired) electrons. The van der Waals surface area contributed by atoms with E-state index in [1.165, 1.54) is 12.8 Å². The summed E-state index contributed by atoms with van der Waals surface area (Å²) in [5.74, 6) is 1.33. The molecule has 2 saturated carbocycles. The first-order valence-corrected chi connectivity index (χ1v) is 10.6. The maximum atomic E-state index is 12.7. The van der Waals surface area contributed by atoms with Crippen LogP contribution in [0.5, 0.6) is 0 Å². The molecule has 2 atom stereocenters. The largest absolute Gasteiger partial charge is 0.352 e. The van der Waals surface area contributed by atoms with E-state index in [1.807, 2.05) is 4.90 Å². The molecule has 0 aromatic heterocycles. The van der Waals surface area contributed by atoms with Gasteiger partial charge < -0.3 is 16.0 Å². The van der Waals surface area contributed by atoms with Crippen LogP contribution in [0.15, 0.2) is 0 Å². The first kappa shape index (κ1) is 25.5. The average molecular weight is 437 g/mol. The molecule has 0 bridgehead atoms. The number of carbonyl (C=O) groups is 2. The van der Waals surface area contributed by atoms with Crippen LogP contribution in [0.1, 0.15) is 58.3 Å². The normalized spacial score (nSPS) is 31.3. The number of amides is 2. The third-order valence-electron chi connectivity index (χ3n) is 6.50. The summed E-state index contributed by atoms with van der Waals surface area (Å²) < 4.78 is 0. The number of halogens is 2. The zero-order valence-corrected chi connectivity index (χ0v) is 18.7. The minimum absolute atomic E-state index is 0. The van der Waals surface area contributed by atoms with E-state index in [1.54, 1.807) is 0 Å². The van der Waals surface area contributed by atoms with Crippen LogP contribution in [0, 0.1) is 11.8 Å². The van der Waals surface area contributed by atoms with Crippen molar-refractivity contribution in [3.63, 3.8) is 0 Å². The number of nitrogens with zero attached hydrogens (tertiary/aromatic N) is 2. The molecule has 0 aromatic carbocycles. The number of hydrogen-bond donors (Lipinski definition) is 2. The fraction of sp³-hybridized carbons (Fsp3) is 0.900. The number of carbonyl (C=O) groups excluding carboxylic acids is 2. The highest BCUT2D eigenvalue weighted by molar-refractivity contribution is 5.85. The van der Waals surface area contributed by atoms with E-state index in [0.29, 0.717) is 12.6 Å². The van der Waals surface area contributed by atoms with Gasteiger partial charge in [-0.2, -0.15) is 0 Å². The van der Waals surface area contributed by atoms with Crippen molar-refractivity contribution < 1.29 is 9.59 Å². The lowest BCUT2D eigenvalue weighted by molar-refractivity contribution is -0.138. The van der Waals surface area contributed by atoms with Gasteiger partial charge in [0.2, 0.25) is 11.8 Å². The Labute approximate surface area is 182 Å². The maximum Gasteiger partial charge on any atom is 0.234 e. The Morgan fingerprint density at radius 1 is 0.964 bits per heavy atom. The van der Waals surface area contributed by atoms with Crippen LogP contribution < -0.4 is 11.1 Å². The standard InChI is InChI=1S/C20H36N4O2.2ClH/c1-15-5-7-18(8-6-15)22-19(25)14-23-9-11-24(12-10-23)20(26)16-3-2-4-17(21)13-16;;/h15-18H,2-14,21H2,1H3,(H,22,25);2*1H. The summed E-state index contributed by atoms with van der Waals surface area (Å²) >= 11 is 0. The molecule has 3 rings (SSSR count). The Bertz CT molecular complexity index is 493. The lowest BCUT2D eigenvalue weighted by atomic mass is 9.85. The predicted octanol–water partition coefficient (Wildman–Crippen LogP) is 2.19. The Morgan fingerprint density at radius 2 is 1.61 bits per heavy atom. The molecule has 2 unspecified atom stereocenters. The summed E-state index contributed by atoms with van der Waals surface area (Å²) in [7, 11) is 0. The zero-order chi connectivity index (χ0) is 18.5. The van der Waals surface area contributed by atoms with Gasteiger partial charge in [0.25, 0.3) is 0 Å². The van der Waals surface area contributed by atoms with Crippen LogP contribution in [0.4, 0.5) is 0 Å². The van der Waals surface area contributed by atoms with Crippen molar-refractivity contribution in [2.24, 2.45) is 17.6 Å². The minimum Gasteiger partial charge on any atom is -0.352 e. The number of piperazine rings is 1. The lowest BCUT2D eigenvalue weighted by Gasteiger charge is -2.37. The Hall–Kier alpha value is -0.560. The summed E-state index contributed by atoms with van der Waals surface area (Å²) in [5, 5.41) is 3.20. The molecule has 3 N–H and O–H groups in total. The van der Waals surface area contributed by atoms with Gasteiger partial charge in [-0.1, -0.05) is 13.3 Å². The summed E-state index contributed by atoms with van der Waals surface area (Å²) in [5.41, 5.74) is 6.03. The first-order chi connectivity index (χ1) is 12.5. The van der Waals surface area contributed by atoms with Crippen molar-refractivity contribution in [2.75, 3.05) is 32.7 Å². The number of nitrogens with two attached hydrogens (primary N) is 1. The first-order valence-electron chi connectivity index (χ1n) is 10.6. The smallest absolute Gasteiger partial charge is 0.234 e. The topological polar surface area (TPSA) is 78.7 Å². The van der Waals surface area contributed by atoms with Crippen LogP contribution in [-0.2, 0) is 9.59 Å². The van der Waals surface area contributed by atoms with Crippen LogP contribution in [0.25, 0.3) is 0 Å². The fourth-order valence-electron chi connectivity index (χ4n) is 4.72. The molecule has 164 valence electrons. The van der Waals surface area contributed by atoms with Crippen molar-refractivity contribution in [1.29, 1.82) is 0 Å². The van der Waals surface area contributed by atoms with E-state index in [0.717, 1.165) is 70.6 Å². The lowest BCUT2D eigenvalue weighted by Crippen LogP contribution is -2.53. The van der Waals surface area contributed by atoms with Gasteiger partial charge in [0.05, 0.1) is 6.54 Å². The molecule has 3 fully saturated rings. The molecular weight excluding hydrogens is 399 g/mol. The molecule has 28 heavy (non-hydrogen) atoms. The van der Waals surface area contributed by atoms with E-state index in [9.17, 15) is 9.59 Å². The third kappa shape index (κ3) is 7.36. The molecule has 8 heteroatoms. The van der Waals surface area contributed by atoms with E-state index in [2.05, 4.69) is 17.1 Å². The Balaban J connectivity index is 0.00000196. The minimum atomic E-state index is 0. The molecule has 6 nitrogen and oxygen atoms in total. The molecule has 2 aliphatic carbocycles. The molecule has 2 amide bonds. The predicted molar refractivity (Wildman–Crippen MR) is 117 cm³/mol. The highest BCUT2D eigenvalue weighted by Gasteiger charge is 2.31. The average Bonchev–Trinajstić information content (AvgIpc) is 2.64. The summed E-state index contributed by atoms with van der Waals surface area (Å²) in [6.07, 6.45) is 8.59. The van der Waals surface area contributed by atoms with Gasteiger partial charge in [-0.3, -0.25) is 14.5 Å². The van der Waals surface area contributed by atoms with E-state index >= 15 is 0 Å². The second-order valence-corrected chi connectivity index (χ2v) is 8.75. The molecule has 3 aliphatic rings. The summed E-state index contributed by atoms with van der Waals surface area (Å²) in [6.45, 7) is 5.80. The molecule has 1 aliphatic heterocycles. The summed E-state index contributed by atoms with van der Waals surface area (Å²) in [4.78, 5) is 29.2. The Morgan fingerprint density at radius 3 is 2.21 bits per heavy atom. The van der Waals surface area contributed by atoms with Crippen LogP contribution >= 0.6 is 24.8 Å². The fourth-order valence-corrected chi connectivity index (χ4v) is 4.72. The second-order valence-electron chi connectivity index (χ2n) is 8.75. The monoisotopic (exact) mass is 436 g/mol.